The number of hydrogen-bond donors (Lipinski definition) is 0. The van der Waals surface area contributed by atoms with Crippen molar-refractivity contribution in [2.75, 3.05) is 4.90 Å². The Hall–Kier alpha value is -6.70. The van der Waals surface area contributed by atoms with Gasteiger partial charge >= 0.3 is 0 Å². The summed E-state index contributed by atoms with van der Waals surface area (Å²) in [7, 11) is 0. The van der Waals surface area contributed by atoms with Crippen molar-refractivity contribution in [3.05, 3.63) is 211 Å². The maximum atomic E-state index is 2.51. The molecule has 0 bridgehead atoms. The van der Waals surface area contributed by atoms with Gasteiger partial charge in [-0.15, -0.1) is 0 Å². The molecule has 0 atom stereocenters. The lowest BCUT2D eigenvalue weighted by molar-refractivity contribution is 0.660. The molecule has 0 heterocycles. The standard InChI is InChI=1S/C53H39N/c1-53(2)49-34-40(37-18-8-4-9-19-37)28-32-45(49)46-33-31-42(35-50(46)53)54(41-29-26-38(27-30-41)36-16-6-3-7-17-36)52-48-25-15-13-23-44(48)43-22-12-14-24-47(43)51(52)39-20-10-5-11-21-39/h3-35H,1-2H3. The second kappa shape index (κ2) is 12.8. The Bertz CT molecular complexity index is 2820. The molecule has 10 rings (SSSR count). The summed E-state index contributed by atoms with van der Waals surface area (Å²) in [4.78, 5) is 2.51. The Morgan fingerprint density at radius 3 is 1.39 bits per heavy atom. The molecular weight excluding hydrogens is 651 g/mol. The van der Waals surface area contributed by atoms with E-state index in [1.807, 2.05) is 0 Å². The van der Waals surface area contributed by atoms with Crippen LogP contribution in [0.4, 0.5) is 17.1 Å². The molecule has 0 N–H and O–H groups in total. The van der Waals surface area contributed by atoms with Gasteiger partial charge in [0.1, 0.15) is 0 Å². The van der Waals surface area contributed by atoms with E-state index in [4.69, 9.17) is 0 Å². The first-order valence-corrected chi connectivity index (χ1v) is 18.9. The van der Waals surface area contributed by atoms with Gasteiger partial charge in [-0.1, -0.05) is 184 Å². The molecule has 0 amide bonds. The van der Waals surface area contributed by atoms with Crippen molar-refractivity contribution < 1.29 is 0 Å². The Morgan fingerprint density at radius 1 is 0.333 bits per heavy atom. The molecule has 256 valence electrons. The molecule has 1 nitrogen and oxygen atoms in total. The first-order valence-electron chi connectivity index (χ1n) is 18.9. The molecule has 0 aromatic heterocycles. The highest BCUT2D eigenvalue weighted by atomic mass is 15.1. The Morgan fingerprint density at radius 2 is 0.759 bits per heavy atom. The van der Waals surface area contributed by atoms with Crippen LogP contribution in [0.5, 0.6) is 0 Å². The third kappa shape index (κ3) is 5.16. The van der Waals surface area contributed by atoms with Gasteiger partial charge in [-0.2, -0.15) is 0 Å². The van der Waals surface area contributed by atoms with Gasteiger partial charge in [0.15, 0.2) is 0 Å². The van der Waals surface area contributed by atoms with Crippen LogP contribution < -0.4 is 4.90 Å². The average molecular weight is 690 g/mol. The van der Waals surface area contributed by atoms with Crippen LogP contribution in [0.1, 0.15) is 25.0 Å². The lowest BCUT2D eigenvalue weighted by atomic mass is 9.81. The van der Waals surface area contributed by atoms with Gasteiger partial charge in [0.05, 0.1) is 5.69 Å². The molecule has 9 aromatic rings. The fourth-order valence-corrected chi connectivity index (χ4v) is 8.77. The fraction of sp³-hybridized carbons (Fsp3) is 0.0566. The monoisotopic (exact) mass is 689 g/mol. The topological polar surface area (TPSA) is 3.24 Å². The first kappa shape index (κ1) is 32.0. The predicted octanol–water partition coefficient (Wildman–Crippen LogP) is 14.8. The average Bonchev–Trinajstić information content (AvgIpc) is 3.47. The minimum atomic E-state index is -0.192. The fourth-order valence-electron chi connectivity index (χ4n) is 8.77. The molecule has 54 heavy (non-hydrogen) atoms. The molecule has 1 aliphatic rings. The van der Waals surface area contributed by atoms with Crippen LogP contribution in [-0.4, -0.2) is 0 Å². The number of fused-ring (bicyclic) bond motifs is 6. The zero-order valence-electron chi connectivity index (χ0n) is 30.5. The SMILES string of the molecule is CC1(C)c2cc(-c3ccccc3)ccc2-c2ccc(N(c3ccc(-c4ccccc4)cc3)c3c(-c4ccccc4)c4ccccc4c4ccccc34)cc21. The minimum Gasteiger partial charge on any atom is -0.309 e. The molecule has 0 fully saturated rings. The third-order valence-electron chi connectivity index (χ3n) is 11.4. The van der Waals surface area contributed by atoms with Crippen molar-refractivity contribution in [2.24, 2.45) is 0 Å². The number of benzene rings is 9. The van der Waals surface area contributed by atoms with E-state index in [2.05, 4.69) is 219 Å². The summed E-state index contributed by atoms with van der Waals surface area (Å²) >= 11 is 0. The highest BCUT2D eigenvalue weighted by Gasteiger charge is 2.36. The van der Waals surface area contributed by atoms with E-state index >= 15 is 0 Å². The Balaban J connectivity index is 1.23. The molecule has 0 saturated carbocycles. The van der Waals surface area contributed by atoms with Gasteiger partial charge in [0.2, 0.25) is 0 Å². The minimum absolute atomic E-state index is 0.192. The van der Waals surface area contributed by atoms with E-state index in [0.29, 0.717) is 0 Å². The summed E-state index contributed by atoms with van der Waals surface area (Å²) in [5.74, 6) is 0. The van der Waals surface area contributed by atoms with E-state index in [9.17, 15) is 0 Å². The number of anilines is 3. The van der Waals surface area contributed by atoms with Crippen LogP contribution in [0.25, 0.3) is 66.1 Å². The molecule has 0 saturated heterocycles. The Kier molecular flexibility index (Phi) is 7.56. The van der Waals surface area contributed by atoms with Crippen molar-refractivity contribution in [2.45, 2.75) is 19.3 Å². The maximum absolute atomic E-state index is 2.51. The molecule has 0 spiro atoms. The number of rotatable bonds is 6. The van der Waals surface area contributed by atoms with Crippen molar-refractivity contribution in [3.63, 3.8) is 0 Å². The van der Waals surface area contributed by atoms with E-state index in [1.165, 1.54) is 82.9 Å². The molecule has 0 aliphatic heterocycles. The molecule has 1 heteroatoms. The van der Waals surface area contributed by atoms with Crippen molar-refractivity contribution in [3.8, 4) is 44.5 Å². The summed E-state index contributed by atoms with van der Waals surface area (Å²) in [6.45, 7) is 4.77. The highest BCUT2D eigenvalue weighted by Crippen LogP contribution is 2.54. The summed E-state index contributed by atoms with van der Waals surface area (Å²) in [6, 6.07) is 73.4. The van der Waals surface area contributed by atoms with Gasteiger partial charge in [-0.05, 0) is 96.6 Å². The van der Waals surface area contributed by atoms with Gasteiger partial charge in [0, 0.05) is 27.7 Å². The summed E-state index contributed by atoms with van der Waals surface area (Å²) in [5, 5.41) is 4.97. The van der Waals surface area contributed by atoms with Gasteiger partial charge in [0.25, 0.3) is 0 Å². The first-order chi connectivity index (χ1) is 26.6. The summed E-state index contributed by atoms with van der Waals surface area (Å²) in [5.41, 5.74) is 15.9. The second-order valence-corrected chi connectivity index (χ2v) is 14.9. The smallest absolute Gasteiger partial charge is 0.0624 e. The van der Waals surface area contributed by atoms with E-state index in [-0.39, 0.29) is 5.41 Å². The lowest BCUT2D eigenvalue weighted by Gasteiger charge is -2.32. The van der Waals surface area contributed by atoms with Crippen LogP contribution in [0.15, 0.2) is 200 Å². The molecule has 1 aliphatic carbocycles. The number of nitrogens with zero attached hydrogens (tertiary/aromatic N) is 1. The predicted molar refractivity (Wildman–Crippen MR) is 230 cm³/mol. The van der Waals surface area contributed by atoms with Crippen LogP contribution in [0.3, 0.4) is 0 Å². The molecular formula is C53H39N. The largest absolute Gasteiger partial charge is 0.309 e. The van der Waals surface area contributed by atoms with Gasteiger partial charge in [-0.3, -0.25) is 0 Å². The second-order valence-electron chi connectivity index (χ2n) is 14.9. The highest BCUT2D eigenvalue weighted by molar-refractivity contribution is 6.22. The van der Waals surface area contributed by atoms with E-state index in [0.717, 1.165) is 11.4 Å². The van der Waals surface area contributed by atoms with Crippen molar-refractivity contribution >= 4 is 38.6 Å². The quantitative estimate of drug-likeness (QED) is 0.157. The van der Waals surface area contributed by atoms with Crippen molar-refractivity contribution in [1.82, 2.24) is 0 Å². The van der Waals surface area contributed by atoms with Crippen LogP contribution in [-0.2, 0) is 5.41 Å². The van der Waals surface area contributed by atoms with Gasteiger partial charge in [-0.25, -0.2) is 0 Å². The normalized spacial score (nSPS) is 12.8. The van der Waals surface area contributed by atoms with E-state index < -0.39 is 0 Å². The zero-order chi connectivity index (χ0) is 36.2. The molecule has 9 aromatic carbocycles. The summed E-state index contributed by atoms with van der Waals surface area (Å²) in [6.07, 6.45) is 0. The van der Waals surface area contributed by atoms with E-state index in [1.54, 1.807) is 0 Å². The third-order valence-corrected chi connectivity index (χ3v) is 11.4. The molecule has 0 unspecified atom stereocenters. The van der Waals surface area contributed by atoms with Crippen LogP contribution in [0, 0.1) is 0 Å². The zero-order valence-corrected chi connectivity index (χ0v) is 30.5. The van der Waals surface area contributed by atoms with Gasteiger partial charge < -0.3 is 4.90 Å². The van der Waals surface area contributed by atoms with Crippen LogP contribution >= 0.6 is 0 Å². The number of hydrogen-bond acceptors (Lipinski definition) is 1. The van der Waals surface area contributed by atoms with Crippen molar-refractivity contribution in [1.29, 1.82) is 0 Å². The summed E-state index contributed by atoms with van der Waals surface area (Å²) < 4.78 is 0. The maximum Gasteiger partial charge on any atom is 0.0624 e. The van der Waals surface area contributed by atoms with Crippen LogP contribution in [0.2, 0.25) is 0 Å². The Labute approximate surface area is 317 Å². The molecule has 0 radical (unpaired) electrons. The lowest BCUT2D eigenvalue weighted by Crippen LogP contribution is -2.17.